The van der Waals surface area contributed by atoms with Crippen molar-refractivity contribution < 1.29 is 14.3 Å². The number of amides is 2. The van der Waals surface area contributed by atoms with Gasteiger partial charge in [0.25, 0.3) is 0 Å². The van der Waals surface area contributed by atoms with E-state index in [1.165, 1.54) is 5.56 Å². The van der Waals surface area contributed by atoms with E-state index in [4.69, 9.17) is 9.47 Å². The van der Waals surface area contributed by atoms with Crippen molar-refractivity contribution in [2.24, 2.45) is 0 Å². The normalized spacial score (nSPS) is 10.3. The van der Waals surface area contributed by atoms with Gasteiger partial charge in [0.1, 0.15) is 12.4 Å². The fourth-order valence-corrected chi connectivity index (χ4v) is 2.80. The molecule has 3 aromatic rings. The molecule has 2 N–H and O–H groups in total. The molecule has 0 unspecified atom stereocenters. The van der Waals surface area contributed by atoms with Crippen molar-refractivity contribution in [1.29, 1.82) is 0 Å². The second-order valence-corrected chi connectivity index (χ2v) is 6.53. The fourth-order valence-electron chi connectivity index (χ4n) is 2.80. The number of anilines is 1. The highest BCUT2D eigenvalue weighted by Gasteiger charge is 2.03. The van der Waals surface area contributed by atoms with Crippen molar-refractivity contribution >= 4 is 11.7 Å². The van der Waals surface area contributed by atoms with E-state index in [2.05, 4.69) is 10.6 Å². The van der Waals surface area contributed by atoms with Crippen LogP contribution in [0.2, 0.25) is 0 Å². The maximum atomic E-state index is 12.1. The predicted molar refractivity (Wildman–Crippen MR) is 115 cm³/mol. The molecule has 5 heteroatoms. The number of hydrogen-bond acceptors (Lipinski definition) is 3. The van der Waals surface area contributed by atoms with E-state index in [9.17, 15) is 4.79 Å². The molecule has 0 fully saturated rings. The van der Waals surface area contributed by atoms with E-state index in [1.807, 2.05) is 84.9 Å². The molecule has 0 aliphatic heterocycles. The van der Waals surface area contributed by atoms with Crippen LogP contribution in [0.4, 0.5) is 10.5 Å². The van der Waals surface area contributed by atoms with Crippen LogP contribution in [0.5, 0.6) is 5.75 Å². The first kappa shape index (κ1) is 20.4. The van der Waals surface area contributed by atoms with Gasteiger partial charge < -0.3 is 20.1 Å². The zero-order chi connectivity index (χ0) is 20.2. The van der Waals surface area contributed by atoms with Gasteiger partial charge in [-0.15, -0.1) is 0 Å². The minimum atomic E-state index is -0.213. The Kier molecular flexibility index (Phi) is 8.11. The number of carbonyl (C=O) groups is 1. The third-order valence-electron chi connectivity index (χ3n) is 4.24. The smallest absolute Gasteiger partial charge is 0.319 e. The van der Waals surface area contributed by atoms with Crippen LogP contribution in [0, 0.1) is 0 Å². The van der Waals surface area contributed by atoms with Gasteiger partial charge >= 0.3 is 6.03 Å². The topological polar surface area (TPSA) is 59.6 Å². The summed E-state index contributed by atoms with van der Waals surface area (Å²) < 4.78 is 11.3. The Morgan fingerprint density at radius 2 is 1.52 bits per heavy atom. The van der Waals surface area contributed by atoms with Crippen LogP contribution in [0.1, 0.15) is 11.1 Å². The summed E-state index contributed by atoms with van der Waals surface area (Å²) in [6.07, 6.45) is 0.799. The van der Waals surface area contributed by atoms with Crippen molar-refractivity contribution in [3.8, 4) is 5.75 Å². The first-order valence-corrected chi connectivity index (χ1v) is 9.73. The maximum Gasteiger partial charge on any atom is 0.319 e. The van der Waals surface area contributed by atoms with Crippen LogP contribution in [-0.2, 0) is 17.8 Å². The molecule has 0 radical (unpaired) electrons. The largest absolute Gasteiger partial charge is 0.491 e. The van der Waals surface area contributed by atoms with Gasteiger partial charge in [0.15, 0.2) is 0 Å². The minimum Gasteiger partial charge on any atom is -0.491 e. The highest BCUT2D eigenvalue weighted by atomic mass is 16.5. The Morgan fingerprint density at radius 3 is 2.31 bits per heavy atom. The summed E-state index contributed by atoms with van der Waals surface area (Å²) in [5.41, 5.74) is 2.93. The molecule has 0 heterocycles. The first-order valence-electron chi connectivity index (χ1n) is 9.73. The van der Waals surface area contributed by atoms with Gasteiger partial charge in [0, 0.05) is 12.2 Å². The molecule has 5 nitrogen and oxygen atoms in total. The monoisotopic (exact) mass is 390 g/mol. The molecule has 0 aliphatic carbocycles. The first-order chi connectivity index (χ1) is 14.3. The molecule has 0 saturated heterocycles. The Balaban J connectivity index is 1.34. The third kappa shape index (κ3) is 7.68. The Hall–Kier alpha value is -3.31. The van der Waals surface area contributed by atoms with E-state index >= 15 is 0 Å². The number of nitrogens with one attached hydrogen (secondary N) is 2. The predicted octanol–water partition coefficient (Wildman–Crippen LogP) is 4.65. The molecule has 0 aromatic heterocycles. The van der Waals surface area contributed by atoms with Crippen LogP contribution in [0.3, 0.4) is 0 Å². The van der Waals surface area contributed by atoms with E-state index in [-0.39, 0.29) is 6.03 Å². The molecule has 0 saturated carbocycles. The van der Waals surface area contributed by atoms with Gasteiger partial charge in [-0.05, 0) is 41.8 Å². The lowest BCUT2D eigenvalue weighted by molar-refractivity contribution is 0.0889. The Labute approximate surface area is 171 Å². The van der Waals surface area contributed by atoms with E-state index in [0.717, 1.165) is 23.4 Å². The van der Waals surface area contributed by atoms with Gasteiger partial charge in [0.2, 0.25) is 0 Å². The molecule has 2 amide bonds. The zero-order valence-electron chi connectivity index (χ0n) is 16.3. The minimum absolute atomic E-state index is 0.213. The van der Waals surface area contributed by atoms with Gasteiger partial charge in [-0.1, -0.05) is 60.7 Å². The van der Waals surface area contributed by atoms with Crippen molar-refractivity contribution in [1.82, 2.24) is 5.32 Å². The number of benzene rings is 3. The maximum absolute atomic E-state index is 12.1. The van der Waals surface area contributed by atoms with Crippen molar-refractivity contribution in [3.63, 3.8) is 0 Å². The summed E-state index contributed by atoms with van der Waals surface area (Å²) in [4.78, 5) is 12.1. The molecular formula is C24H26N2O3. The standard InChI is InChI=1S/C24H26N2O3/c27-24(25-15-14-20-8-3-1-4-9-20)26-22-11-7-10-21(18-22)19-28-16-17-29-23-12-5-2-6-13-23/h1-13,18H,14-17,19H2,(H2,25,26,27). The fraction of sp³-hybridized carbons (Fsp3) is 0.208. The van der Waals surface area contributed by atoms with Crippen LogP contribution in [-0.4, -0.2) is 25.8 Å². The van der Waals surface area contributed by atoms with Crippen molar-refractivity contribution in [2.45, 2.75) is 13.0 Å². The lowest BCUT2D eigenvalue weighted by atomic mass is 10.1. The summed E-state index contributed by atoms with van der Waals surface area (Å²) >= 11 is 0. The van der Waals surface area contributed by atoms with Crippen LogP contribution in [0.15, 0.2) is 84.9 Å². The summed E-state index contributed by atoms with van der Waals surface area (Å²) in [5, 5.41) is 5.74. The number of carbonyl (C=O) groups excluding carboxylic acids is 1. The molecule has 3 rings (SSSR count). The number of ether oxygens (including phenoxy) is 2. The highest BCUT2D eigenvalue weighted by molar-refractivity contribution is 5.89. The van der Waals surface area contributed by atoms with E-state index < -0.39 is 0 Å². The molecule has 0 atom stereocenters. The SMILES string of the molecule is O=C(NCCc1ccccc1)Nc1cccc(COCCOc2ccccc2)c1. The van der Waals surface area contributed by atoms with Crippen molar-refractivity contribution in [2.75, 3.05) is 25.1 Å². The average Bonchev–Trinajstić information content (AvgIpc) is 2.75. The summed E-state index contributed by atoms with van der Waals surface area (Å²) in [6, 6.07) is 27.2. The Bertz CT molecular complexity index is 870. The van der Waals surface area contributed by atoms with E-state index in [1.54, 1.807) is 0 Å². The van der Waals surface area contributed by atoms with Crippen LogP contribution >= 0.6 is 0 Å². The van der Waals surface area contributed by atoms with Gasteiger partial charge in [-0.2, -0.15) is 0 Å². The number of hydrogen-bond donors (Lipinski definition) is 2. The van der Waals surface area contributed by atoms with Gasteiger partial charge in [-0.3, -0.25) is 0 Å². The molecular weight excluding hydrogens is 364 g/mol. The molecule has 3 aromatic carbocycles. The van der Waals surface area contributed by atoms with Crippen LogP contribution in [0.25, 0.3) is 0 Å². The van der Waals surface area contributed by atoms with Crippen molar-refractivity contribution in [3.05, 3.63) is 96.1 Å². The summed E-state index contributed by atoms with van der Waals surface area (Å²) in [6.45, 7) is 2.03. The van der Waals surface area contributed by atoms with Gasteiger partial charge in [-0.25, -0.2) is 4.79 Å². The number of para-hydroxylation sites is 1. The quantitative estimate of drug-likeness (QED) is 0.496. The third-order valence-corrected chi connectivity index (χ3v) is 4.24. The summed E-state index contributed by atoms with van der Waals surface area (Å²) in [7, 11) is 0. The zero-order valence-corrected chi connectivity index (χ0v) is 16.3. The highest BCUT2D eigenvalue weighted by Crippen LogP contribution is 2.12. The summed E-state index contributed by atoms with van der Waals surface area (Å²) in [5.74, 6) is 0.834. The molecule has 150 valence electrons. The van der Waals surface area contributed by atoms with E-state index in [0.29, 0.717) is 26.4 Å². The second-order valence-electron chi connectivity index (χ2n) is 6.53. The molecule has 0 spiro atoms. The lowest BCUT2D eigenvalue weighted by Crippen LogP contribution is -2.30. The second kappa shape index (κ2) is 11.5. The molecule has 29 heavy (non-hydrogen) atoms. The average molecular weight is 390 g/mol. The van der Waals surface area contributed by atoms with Gasteiger partial charge in [0.05, 0.1) is 13.2 Å². The molecule has 0 aliphatic rings. The number of urea groups is 1. The van der Waals surface area contributed by atoms with Crippen LogP contribution < -0.4 is 15.4 Å². The Morgan fingerprint density at radius 1 is 0.793 bits per heavy atom. The molecule has 0 bridgehead atoms. The lowest BCUT2D eigenvalue weighted by Gasteiger charge is -2.10. The number of rotatable bonds is 10.